The molecule has 11 nitrogen and oxygen atoms in total. The Hall–Kier alpha value is -5.26. The van der Waals surface area contributed by atoms with E-state index in [4.69, 9.17) is 4.74 Å². The van der Waals surface area contributed by atoms with Crippen LogP contribution in [0.2, 0.25) is 0 Å². The third-order valence-electron chi connectivity index (χ3n) is 10.6. The van der Waals surface area contributed by atoms with Crippen LogP contribution in [0.5, 0.6) is 0 Å². The molecule has 5 rings (SSSR count). The van der Waals surface area contributed by atoms with Crippen LogP contribution in [0, 0.1) is 11.8 Å². The maximum absolute atomic E-state index is 14.2. The van der Waals surface area contributed by atoms with Gasteiger partial charge in [-0.1, -0.05) is 131 Å². The van der Waals surface area contributed by atoms with Crippen molar-refractivity contribution >= 4 is 34.6 Å². The van der Waals surface area contributed by atoms with Gasteiger partial charge in [0.15, 0.2) is 0 Å². The maximum atomic E-state index is 14.2. The van der Waals surface area contributed by atoms with E-state index in [2.05, 4.69) is 38.3 Å². The summed E-state index contributed by atoms with van der Waals surface area (Å²) < 4.78 is 5.50. The Balaban J connectivity index is 1.22. The molecule has 11 heteroatoms. The highest BCUT2D eigenvalue weighted by Crippen LogP contribution is 2.21. The molecule has 1 aliphatic heterocycles. The van der Waals surface area contributed by atoms with E-state index in [0.717, 1.165) is 54.4 Å². The van der Waals surface area contributed by atoms with Crippen molar-refractivity contribution in [3.63, 3.8) is 0 Å². The number of aliphatic hydroxyl groups excluding tert-OH is 1. The summed E-state index contributed by atoms with van der Waals surface area (Å²) in [4.78, 5) is 57.0. The molecule has 0 bridgehead atoms. The molecule has 0 unspecified atom stereocenters. The molecule has 0 aromatic heterocycles. The molecule has 1 aliphatic rings. The highest BCUT2D eigenvalue weighted by Gasteiger charge is 2.32. The number of hydrogen-bond donors (Lipinski definition) is 5. The van der Waals surface area contributed by atoms with Crippen LogP contribution in [0.25, 0.3) is 10.8 Å². The average molecular weight is 792 g/mol. The molecular formula is C47H61N5O6. The number of carbonyl (C=O) groups is 4. The summed E-state index contributed by atoms with van der Waals surface area (Å²) in [6, 6.07) is 30.5. The lowest BCUT2D eigenvalue weighted by Crippen LogP contribution is -2.57. The number of rotatable bonds is 19. The highest BCUT2D eigenvalue weighted by molar-refractivity contribution is 5.93. The summed E-state index contributed by atoms with van der Waals surface area (Å²) in [6.45, 7) is 10.5. The second-order valence-electron chi connectivity index (χ2n) is 16.4. The Bertz CT molecular complexity index is 1910. The summed E-state index contributed by atoms with van der Waals surface area (Å²) in [5, 5.41) is 25.1. The first kappa shape index (κ1) is 43.9. The molecule has 4 aromatic rings. The van der Waals surface area contributed by atoms with E-state index in [9.17, 15) is 24.3 Å². The number of amides is 4. The first-order valence-corrected chi connectivity index (χ1v) is 20.7. The molecule has 1 fully saturated rings. The van der Waals surface area contributed by atoms with Gasteiger partial charge in [0.05, 0.1) is 18.6 Å². The molecule has 4 aromatic carbocycles. The zero-order chi connectivity index (χ0) is 41.4. The van der Waals surface area contributed by atoms with Crippen LogP contribution in [0.3, 0.4) is 0 Å². The van der Waals surface area contributed by atoms with E-state index in [0.29, 0.717) is 12.8 Å². The van der Waals surface area contributed by atoms with Crippen molar-refractivity contribution in [3.8, 4) is 0 Å². The number of piperidine rings is 1. The van der Waals surface area contributed by atoms with E-state index in [1.807, 2.05) is 119 Å². The molecule has 4 amide bonds. The number of carbonyl (C=O) groups excluding carboxylic acids is 4. The molecule has 4 atom stereocenters. The topological polar surface area (TPSA) is 149 Å². The molecule has 0 saturated carbocycles. The second kappa shape index (κ2) is 22.0. The van der Waals surface area contributed by atoms with Crippen LogP contribution < -0.4 is 21.3 Å². The first-order valence-electron chi connectivity index (χ1n) is 20.7. The SMILES string of the molecule is CC(C)C[C@H](NC(=O)[C@H](Cc1cccc2ccccc12)NC(=O)OCc1ccccc1)C(=O)N[C@@H](CC(C)C)[C@@H](O)CC(=O)NC1CCN(Cc2ccccc2)CC1. The molecule has 1 heterocycles. The minimum Gasteiger partial charge on any atom is -0.445 e. The van der Waals surface area contributed by atoms with Gasteiger partial charge in [-0.05, 0) is 65.0 Å². The smallest absolute Gasteiger partial charge is 0.408 e. The Kier molecular flexibility index (Phi) is 16.7. The zero-order valence-corrected chi connectivity index (χ0v) is 34.4. The number of ether oxygens (including phenoxy) is 1. The minimum absolute atomic E-state index is 0.0153. The number of fused-ring (bicyclic) bond motifs is 1. The summed E-state index contributed by atoms with van der Waals surface area (Å²) in [7, 11) is 0. The number of aliphatic hydroxyl groups is 1. The summed E-state index contributed by atoms with van der Waals surface area (Å²) in [5.41, 5.74) is 2.91. The Labute approximate surface area is 343 Å². The van der Waals surface area contributed by atoms with Gasteiger partial charge >= 0.3 is 6.09 Å². The average Bonchev–Trinajstić information content (AvgIpc) is 3.20. The Morgan fingerprint density at radius 1 is 0.707 bits per heavy atom. The van der Waals surface area contributed by atoms with Gasteiger partial charge in [0.2, 0.25) is 17.7 Å². The second-order valence-corrected chi connectivity index (χ2v) is 16.4. The van der Waals surface area contributed by atoms with Gasteiger partial charge in [-0.2, -0.15) is 0 Å². The monoisotopic (exact) mass is 791 g/mol. The number of benzene rings is 4. The van der Waals surface area contributed by atoms with Crippen molar-refractivity contribution in [1.29, 1.82) is 0 Å². The lowest BCUT2D eigenvalue weighted by atomic mass is 9.95. The van der Waals surface area contributed by atoms with E-state index in [1.54, 1.807) is 0 Å². The number of hydrogen-bond acceptors (Lipinski definition) is 7. The molecule has 1 saturated heterocycles. The van der Waals surface area contributed by atoms with Crippen molar-refractivity contribution in [3.05, 3.63) is 120 Å². The van der Waals surface area contributed by atoms with Crippen molar-refractivity contribution in [1.82, 2.24) is 26.2 Å². The van der Waals surface area contributed by atoms with Crippen molar-refractivity contribution in [2.75, 3.05) is 13.1 Å². The largest absolute Gasteiger partial charge is 0.445 e. The lowest BCUT2D eigenvalue weighted by molar-refractivity contribution is -0.131. The van der Waals surface area contributed by atoms with E-state index in [1.165, 1.54) is 5.56 Å². The fourth-order valence-electron chi connectivity index (χ4n) is 7.58. The number of alkyl carbamates (subject to hydrolysis) is 1. The van der Waals surface area contributed by atoms with Gasteiger partial charge in [-0.15, -0.1) is 0 Å². The number of nitrogens with zero attached hydrogens (tertiary/aromatic N) is 1. The van der Waals surface area contributed by atoms with Crippen molar-refractivity contribution < 1.29 is 29.0 Å². The van der Waals surface area contributed by atoms with E-state index >= 15 is 0 Å². The Morgan fingerprint density at radius 3 is 1.98 bits per heavy atom. The number of nitrogens with one attached hydrogen (secondary N) is 4. The normalized spacial score (nSPS) is 15.6. The summed E-state index contributed by atoms with van der Waals surface area (Å²) in [5.74, 6) is -1.14. The summed E-state index contributed by atoms with van der Waals surface area (Å²) >= 11 is 0. The van der Waals surface area contributed by atoms with Crippen LogP contribution in [0.4, 0.5) is 4.79 Å². The first-order chi connectivity index (χ1) is 27.9. The van der Waals surface area contributed by atoms with Gasteiger partial charge < -0.3 is 31.1 Å². The predicted molar refractivity (Wildman–Crippen MR) is 227 cm³/mol. The predicted octanol–water partition coefficient (Wildman–Crippen LogP) is 6.27. The Morgan fingerprint density at radius 2 is 1.31 bits per heavy atom. The van der Waals surface area contributed by atoms with Gasteiger partial charge in [0.1, 0.15) is 18.7 Å². The third-order valence-corrected chi connectivity index (χ3v) is 10.6. The standard InChI is InChI=1S/C47H61N5O6/c1-32(2)26-40(43(53)29-44(54)48-38-22-24-52(25-23-38)30-34-14-7-5-8-15-34)49-45(55)41(27-33(3)4)50-46(56)42(51-47(57)58-31-35-16-9-6-10-17-35)28-37-20-13-19-36-18-11-12-21-39(36)37/h5-21,32-33,38,40-43,53H,22-31H2,1-4H3,(H,48,54)(H,49,55)(H,50,56)(H,51,57)/t40-,41-,42-,43-/m0/s1. The van der Waals surface area contributed by atoms with Crippen molar-refractivity contribution in [2.45, 2.75) is 110 Å². The van der Waals surface area contributed by atoms with Crippen LogP contribution >= 0.6 is 0 Å². The van der Waals surface area contributed by atoms with E-state index < -0.39 is 42.1 Å². The van der Waals surface area contributed by atoms with Crippen LogP contribution in [0.15, 0.2) is 103 Å². The molecular weight excluding hydrogens is 731 g/mol. The lowest BCUT2D eigenvalue weighted by Gasteiger charge is -2.33. The molecule has 5 N–H and O–H groups in total. The third kappa shape index (κ3) is 14.0. The molecule has 0 spiro atoms. The molecule has 310 valence electrons. The van der Waals surface area contributed by atoms with Gasteiger partial charge in [-0.25, -0.2) is 4.79 Å². The van der Waals surface area contributed by atoms with Crippen LogP contribution in [-0.4, -0.2) is 77.2 Å². The van der Waals surface area contributed by atoms with Crippen LogP contribution in [-0.2, 0) is 38.7 Å². The van der Waals surface area contributed by atoms with Gasteiger partial charge in [0, 0.05) is 32.1 Å². The number of likely N-dealkylation sites (tertiary alicyclic amines) is 1. The molecule has 0 aliphatic carbocycles. The zero-order valence-electron chi connectivity index (χ0n) is 34.4. The molecule has 58 heavy (non-hydrogen) atoms. The van der Waals surface area contributed by atoms with Gasteiger partial charge in [-0.3, -0.25) is 19.3 Å². The fourth-order valence-corrected chi connectivity index (χ4v) is 7.58. The molecule has 0 radical (unpaired) electrons. The van der Waals surface area contributed by atoms with E-state index in [-0.39, 0.29) is 43.2 Å². The van der Waals surface area contributed by atoms with Crippen molar-refractivity contribution in [2.24, 2.45) is 11.8 Å². The quantitative estimate of drug-likeness (QED) is 0.0752. The maximum Gasteiger partial charge on any atom is 0.408 e. The van der Waals surface area contributed by atoms with Gasteiger partial charge in [0.25, 0.3) is 0 Å². The summed E-state index contributed by atoms with van der Waals surface area (Å²) in [6.07, 6.45) is 0.469. The minimum atomic E-state index is -1.14. The van der Waals surface area contributed by atoms with Crippen LogP contribution in [0.1, 0.15) is 76.5 Å². The highest BCUT2D eigenvalue weighted by atomic mass is 16.5. The fraction of sp³-hybridized carbons (Fsp3) is 0.447.